The maximum Gasteiger partial charge on any atom is 0.229 e. The summed E-state index contributed by atoms with van der Waals surface area (Å²) in [5.41, 5.74) is 3.70. The van der Waals surface area contributed by atoms with Crippen LogP contribution in [0.2, 0.25) is 0 Å². The molecule has 0 radical (unpaired) electrons. The molecule has 0 atom stereocenters. The molecule has 4 heteroatoms. The summed E-state index contributed by atoms with van der Waals surface area (Å²) < 4.78 is 6.86. The first kappa shape index (κ1) is 17.0. The maximum atomic E-state index is 5.18. The lowest BCUT2D eigenvalue weighted by Gasteiger charge is -2.05. The van der Waals surface area contributed by atoms with E-state index in [1.54, 1.807) is 19.0 Å². The van der Waals surface area contributed by atoms with Crippen molar-refractivity contribution in [2.75, 3.05) is 27.3 Å². The first-order chi connectivity index (χ1) is 11.2. The van der Waals surface area contributed by atoms with Gasteiger partial charge in [-0.3, -0.25) is 4.84 Å². The van der Waals surface area contributed by atoms with Gasteiger partial charge in [0.05, 0.1) is 7.11 Å². The van der Waals surface area contributed by atoms with Crippen molar-refractivity contribution in [2.45, 2.75) is 13.3 Å². The van der Waals surface area contributed by atoms with Crippen LogP contribution >= 0.6 is 0 Å². The molecule has 1 aromatic carbocycles. The standard InChI is InChI=1S/C19H25N2O2/c1-16(18-5-4-14-21(15-18)23-3)10-12-20-13-11-17-6-8-19(22-2)9-7-17/h4-10,14-15,20H,11-13H2,1-3H3/q+1/b16-10+. The number of benzene rings is 1. The van der Waals surface area contributed by atoms with Gasteiger partial charge >= 0.3 is 0 Å². The summed E-state index contributed by atoms with van der Waals surface area (Å²) in [5.74, 6) is 0.899. The lowest BCUT2D eigenvalue weighted by atomic mass is 10.1. The van der Waals surface area contributed by atoms with Gasteiger partial charge in [0, 0.05) is 22.9 Å². The molecule has 2 rings (SSSR count). The fraction of sp³-hybridized carbons (Fsp3) is 0.316. The first-order valence-electron chi connectivity index (χ1n) is 7.79. The van der Waals surface area contributed by atoms with Gasteiger partial charge in [0.1, 0.15) is 12.9 Å². The van der Waals surface area contributed by atoms with Crippen LogP contribution < -0.4 is 19.6 Å². The van der Waals surface area contributed by atoms with E-state index in [1.165, 1.54) is 11.1 Å². The van der Waals surface area contributed by atoms with Gasteiger partial charge in [-0.2, -0.15) is 0 Å². The molecule has 0 saturated heterocycles. The average molecular weight is 313 g/mol. The molecule has 4 nitrogen and oxygen atoms in total. The third-order valence-electron chi connectivity index (χ3n) is 3.74. The predicted octanol–water partition coefficient (Wildman–Crippen LogP) is 2.28. The molecule has 1 heterocycles. The second-order valence-corrected chi connectivity index (χ2v) is 5.32. The zero-order valence-electron chi connectivity index (χ0n) is 14.1. The van der Waals surface area contributed by atoms with Crippen LogP contribution in [0.25, 0.3) is 5.57 Å². The van der Waals surface area contributed by atoms with Crippen LogP contribution in [0.3, 0.4) is 0 Å². The summed E-state index contributed by atoms with van der Waals surface area (Å²) in [7, 11) is 3.34. The van der Waals surface area contributed by atoms with Gasteiger partial charge in [-0.05, 0) is 49.2 Å². The Morgan fingerprint density at radius 2 is 1.96 bits per heavy atom. The Morgan fingerprint density at radius 1 is 1.17 bits per heavy atom. The van der Waals surface area contributed by atoms with Crippen molar-refractivity contribution in [3.8, 4) is 5.75 Å². The molecule has 0 aliphatic rings. The Kier molecular flexibility index (Phi) is 6.63. The first-order valence-corrected chi connectivity index (χ1v) is 7.79. The van der Waals surface area contributed by atoms with Gasteiger partial charge in [0.15, 0.2) is 0 Å². The summed E-state index contributed by atoms with van der Waals surface area (Å²) in [4.78, 5) is 5.18. The minimum atomic E-state index is 0.851. The van der Waals surface area contributed by atoms with Gasteiger partial charge in [0.25, 0.3) is 0 Å². The number of methoxy groups -OCH3 is 1. The molecule has 1 aromatic heterocycles. The minimum absolute atomic E-state index is 0.851. The second-order valence-electron chi connectivity index (χ2n) is 5.32. The summed E-state index contributed by atoms with van der Waals surface area (Å²) >= 11 is 0. The Hall–Kier alpha value is -2.33. The van der Waals surface area contributed by atoms with E-state index in [0.717, 1.165) is 30.8 Å². The molecule has 0 fully saturated rings. The molecule has 0 amide bonds. The summed E-state index contributed by atoms with van der Waals surface area (Å²) in [6.07, 6.45) is 7.06. The minimum Gasteiger partial charge on any atom is -0.497 e. The van der Waals surface area contributed by atoms with Gasteiger partial charge in [0.2, 0.25) is 12.4 Å². The van der Waals surface area contributed by atoms with Crippen LogP contribution in [-0.4, -0.2) is 27.3 Å². The van der Waals surface area contributed by atoms with Crippen molar-refractivity contribution in [2.24, 2.45) is 0 Å². The lowest BCUT2D eigenvalue weighted by Crippen LogP contribution is -2.39. The topological polar surface area (TPSA) is 34.4 Å². The average Bonchev–Trinajstić information content (AvgIpc) is 2.61. The highest BCUT2D eigenvalue weighted by Gasteiger charge is 2.03. The number of rotatable bonds is 8. The lowest BCUT2D eigenvalue weighted by molar-refractivity contribution is -0.885. The second kappa shape index (κ2) is 8.96. The van der Waals surface area contributed by atoms with Gasteiger partial charge in [-0.1, -0.05) is 18.2 Å². The SMILES string of the molecule is COc1ccc(CCNC/C=C(\C)c2ccc[n+](OC)c2)cc1. The van der Waals surface area contributed by atoms with Gasteiger partial charge in [-0.15, -0.1) is 0 Å². The van der Waals surface area contributed by atoms with Crippen molar-refractivity contribution < 1.29 is 14.3 Å². The third-order valence-corrected chi connectivity index (χ3v) is 3.74. The molecule has 2 aromatic rings. The van der Waals surface area contributed by atoms with Crippen molar-refractivity contribution in [3.63, 3.8) is 0 Å². The summed E-state index contributed by atoms with van der Waals surface area (Å²) in [6.45, 7) is 3.91. The smallest absolute Gasteiger partial charge is 0.229 e. The molecule has 0 aliphatic carbocycles. The van der Waals surface area contributed by atoms with Crippen LogP contribution in [0.15, 0.2) is 54.9 Å². The van der Waals surface area contributed by atoms with E-state index in [0.29, 0.717) is 0 Å². The highest BCUT2D eigenvalue weighted by atomic mass is 16.6. The van der Waals surface area contributed by atoms with E-state index >= 15 is 0 Å². The largest absolute Gasteiger partial charge is 0.497 e. The Balaban J connectivity index is 1.76. The normalized spacial score (nSPS) is 11.3. The van der Waals surface area contributed by atoms with Crippen molar-refractivity contribution in [3.05, 3.63) is 66.0 Å². The van der Waals surface area contributed by atoms with Gasteiger partial charge < -0.3 is 10.1 Å². The van der Waals surface area contributed by atoms with Gasteiger partial charge in [-0.25, -0.2) is 0 Å². The van der Waals surface area contributed by atoms with Crippen molar-refractivity contribution >= 4 is 5.57 Å². The zero-order valence-corrected chi connectivity index (χ0v) is 14.1. The van der Waals surface area contributed by atoms with E-state index in [-0.39, 0.29) is 0 Å². The molecule has 122 valence electrons. The Bertz CT molecular complexity index is 636. The molecule has 1 N–H and O–H groups in total. The van der Waals surface area contributed by atoms with E-state index in [4.69, 9.17) is 9.57 Å². The van der Waals surface area contributed by atoms with Crippen LogP contribution in [0.1, 0.15) is 18.1 Å². The van der Waals surface area contributed by atoms with Crippen molar-refractivity contribution in [1.82, 2.24) is 5.32 Å². The predicted molar refractivity (Wildman–Crippen MR) is 92.4 cm³/mol. The van der Waals surface area contributed by atoms with E-state index in [1.807, 2.05) is 30.6 Å². The van der Waals surface area contributed by atoms with Crippen LogP contribution in [0.4, 0.5) is 0 Å². The summed E-state index contributed by atoms with van der Waals surface area (Å²) in [6, 6.07) is 12.3. The molecule has 0 bridgehead atoms. The number of allylic oxidation sites excluding steroid dienone is 1. The number of hydrogen-bond donors (Lipinski definition) is 1. The summed E-state index contributed by atoms with van der Waals surface area (Å²) in [5, 5.41) is 3.45. The van der Waals surface area contributed by atoms with E-state index in [9.17, 15) is 0 Å². The van der Waals surface area contributed by atoms with E-state index in [2.05, 4.69) is 36.5 Å². The molecule has 23 heavy (non-hydrogen) atoms. The number of aromatic nitrogens is 1. The number of pyridine rings is 1. The zero-order chi connectivity index (χ0) is 16.5. The molecule has 0 saturated carbocycles. The number of nitrogens with zero attached hydrogens (tertiary/aromatic N) is 1. The molecule has 0 spiro atoms. The monoisotopic (exact) mass is 313 g/mol. The number of ether oxygens (including phenoxy) is 1. The number of nitrogens with one attached hydrogen (secondary N) is 1. The highest BCUT2D eigenvalue weighted by molar-refractivity contribution is 5.62. The fourth-order valence-corrected chi connectivity index (χ4v) is 2.27. The Labute approximate surface area is 138 Å². The molecular weight excluding hydrogens is 288 g/mol. The van der Waals surface area contributed by atoms with E-state index < -0.39 is 0 Å². The third kappa shape index (κ3) is 5.42. The molecular formula is C19H25N2O2+. The van der Waals surface area contributed by atoms with Crippen LogP contribution in [-0.2, 0) is 6.42 Å². The van der Waals surface area contributed by atoms with Crippen LogP contribution in [0.5, 0.6) is 5.75 Å². The highest BCUT2D eigenvalue weighted by Crippen LogP contribution is 2.11. The maximum absolute atomic E-state index is 5.18. The number of hydrogen-bond acceptors (Lipinski definition) is 3. The van der Waals surface area contributed by atoms with Crippen molar-refractivity contribution in [1.29, 1.82) is 0 Å². The van der Waals surface area contributed by atoms with Crippen LogP contribution in [0, 0.1) is 0 Å². The quantitative estimate of drug-likeness (QED) is 0.600. The molecule has 0 aliphatic heterocycles. The Morgan fingerprint density at radius 3 is 2.65 bits per heavy atom. The fourth-order valence-electron chi connectivity index (χ4n) is 2.27. The molecule has 0 unspecified atom stereocenters.